The molecule has 1 saturated heterocycles. The van der Waals surface area contributed by atoms with Crippen LogP contribution < -0.4 is 20.1 Å². The van der Waals surface area contributed by atoms with E-state index < -0.39 is 0 Å². The van der Waals surface area contributed by atoms with Crippen LogP contribution in [0.3, 0.4) is 0 Å². The summed E-state index contributed by atoms with van der Waals surface area (Å²) in [7, 11) is 1.68. The van der Waals surface area contributed by atoms with Crippen LogP contribution >= 0.6 is 0 Å². The molecule has 1 fully saturated rings. The van der Waals surface area contributed by atoms with E-state index in [9.17, 15) is 0 Å². The maximum absolute atomic E-state index is 5.53. The van der Waals surface area contributed by atoms with Gasteiger partial charge in [-0.25, -0.2) is 0 Å². The van der Waals surface area contributed by atoms with Gasteiger partial charge in [0.2, 0.25) is 0 Å². The van der Waals surface area contributed by atoms with Crippen molar-refractivity contribution in [3.63, 3.8) is 0 Å². The Balaban J connectivity index is 1.74. The smallest absolute Gasteiger partial charge is 0.161 e. The summed E-state index contributed by atoms with van der Waals surface area (Å²) >= 11 is 0. The molecule has 2 N–H and O–H groups in total. The predicted molar refractivity (Wildman–Crippen MR) is 85.2 cm³/mol. The Kier molecular flexibility index (Phi) is 6.79. The van der Waals surface area contributed by atoms with Gasteiger partial charge in [0, 0.05) is 45.8 Å². The van der Waals surface area contributed by atoms with Gasteiger partial charge in [0.05, 0.1) is 13.7 Å². The van der Waals surface area contributed by atoms with Crippen molar-refractivity contribution in [2.24, 2.45) is 0 Å². The molecule has 5 nitrogen and oxygen atoms in total. The van der Waals surface area contributed by atoms with Crippen molar-refractivity contribution in [3.05, 3.63) is 23.8 Å². The van der Waals surface area contributed by atoms with Crippen molar-refractivity contribution in [2.75, 3.05) is 53.0 Å². The minimum atomic E-state index is 0.651. The fourth-order valence-electron chi connectivity index (χ4n) is 2.50. The normalized spacial score (nSPS) is 15.9. The average molecular weight is 293 g/mol. The Morgan fingerprint density at radius 1 is 1.24 bits per heavy atom. The van der Waals surface area contributed by atoms with E-state index in [-0.39, 0.29) is 0 Å². The van der Waals surface area contributed by atoms with Gasteiger partial charge in [-0.2, -0.15) is 0 Å². The summed E-state index contributed by atoms with van der Waals surface area (Å²) in [6, 6.07) is 6.11. The Labute approximate surface area is 127 Å². The van der Waals surface area contributed by atoms with E-state index in [0.717, 1.165) is 57.3 Å². The lowest BCUT2D eigenvalue weighted by molar-refractivity contribution is 0.241. The molecule has 0 spiro atoms. The first-order chi connectivity index (χ1) is 10.3. The van der Waals surface area contributed by atoms with Crippen LogP contribution in [0.1, 0.15) is 12.5 Å². The minimum absolute atomic E-state index is 0.651. The molecule has 0 saturated carbocycles. The van der Waals surface area contributed by atoms with E-state index in [2.05, 4.69) is 21.6 Å². The third-order valence-corrected chi connectivity index (χ3v) is 3.67. The van der Waals surface area contributed by atoms with Crippen molar-refractivity contribution >= 4 is 0 Å². The molecule has 0 amide bonds. The number of nitrogens with zero attached hydrogens (tertiary/aromatic N) is 1. The van der Waals surface area contributed by atoms with Crippen LogP contribution in [-0.4, -0.2) is 57.9 Å². The van der Waals surface area contributed by atoms with Crippen molar-refractivity contribution in [1.82, 2.24) is 15.5 Å². The topological polar surface area (TPSA) is 45.8 Å². The van der Waals surface area contributed by atoms with Gasteiger partial charge in [0.15, 0.2) is 11.5 Å². The molecule has 0 radical (unpaired) electrons. The summed E-state index contributed by atoms with van der Waals surface area (Å²) in [5.74, 6) is 1.61. The first-order valence-electron chi connectivity index (χ1n) is 7.77. The van der Waals surface area contributed by atoms with Crippen LogP contribution in [-0.2, 0) is 6.54 Å². The zero-order valence-electron chi connectivity index (χ0n) is 13.2. The number of hydrogen-bond donors (Lipinski definition) is 2. The van der Waals surface area contributed by atoms with Crippen LogP contribution in [0.5, 0.6) is 11.5 Å². The minimum Gasteiger partial charge on any atom is -0.493 e. The van der Waals surface area contributed by atoms with Gasteiger partial charge in [-0.15, -0.1) is 0 Å². The lowest BCUT2D eigenvalue weighted by Crippen LogP contribution is -2.45. The molecule has 0 unspecified atom stereocenters. The molecule has 5 heteroatoms. The maximum atomic E-state index is 5.53. The number of benzene rings is 1. The Morgan fingerprint density at radius 2 is 2.05 bits per heavy atom. The Morgan fingerprint density at radius 3 is 2.76 bits per heavy atom. The molecule has 1 aromatic carbocycles. The maximum Gasteiger partial charge on any atom is 0.161 e. The number of rotatable bonds is 8. The summed E-state index contributed by atoms with van der Waals surface area (Å²) in [6.45, 7) is 10.1. The molecule has 1 heterocycles. The Hall–Kier alpha value is -1.30. The molecule has 1 aliphatic heterocycles. The summed E-state index contributed by atoms with van der Waals surface area (Å²) in [5, 5.41) is 6.86. The predicted octanol–water partition coefficient (Wildman–Crippen LogP) is 1.09. The molecule has 0 aromatic heterocycles. The van der Waals surface area contributed by atoms with E-state index in [4.69, 9.17) is 9.47 Å². The average Bonchev–Trinajstić information content (AvgIpc) is 2.54. The summed E-state index contributed by atoms with van der Waals surface area (Å²) in [4.78, 5) is 2.49. The van der Waals surface area contributed by atoms with Gasteiger partial charge in [-0.3, -0.25) is 4.90 Å². The second-order valence-corrected chi connectivity index (χ2v) is 5.19. The third kappa shape index (κ3) is 5.19. The fraction of sp³-hybridized carbons (Fsp3) is 0.625. The van der Waals surface area contributed by atoms with Gasteiger partial charge in [0.1, 0.15) is 0 Å². The first-order valence-corrected chi connectivity index (χ1v) is 7.77. The zero-order valence-corrected chi connectivity index (χ0v) is 13.2. The molecule has 21 heavy (non-hydrogen) atoms. The van der Waals surface area contributed by atoms with Gasteiger partial charge in [-0.1, -0.05) is 6.07 Å². The van der Waals surface area contributed by atoms with Crippen LogP contribution in [0.2, 0.25) is 0 Å². The van der Waals surface area contributed by atoms with Crippen LogP contribution in [0, 0.1) is 0 Å². The quantitative estimate of drug-likeness (QED) is 0.703. The summed E-state index contributed by atoms with van der Waals surface area (Å²) < 4.78 is 10.9. The highest BCUT2D eigenvalue weighted by atomic mass is 16.5. The number of methoxy groups -OCH3 is 1. The molecule has 2 rings (SSSR count). The Bertz CT molecular complexity index is 420. The molecule has 1 aromatic rings. The molecule has 0 bridgehead atoms. The van der Waals surface area contributed by atoms with Crippen LogP contribution in [0.25, 0.3) is 0 Å². The van der Waals surface area contributed by atoms with Gasteiger partial charge < -0.3 is 20.1 Å². The van der Waals surface area contributed by atoms with Crippen molar-refractivity contribution in [3.8, 4) is 11.5 Å². The summed E-state index contributed by atoms with van der Waals surface area (Å²) in [5.41, 5.74) is 1.22. The highest BCUT2D eigenvalue weighted by molar-refractivity contribution is 5.42. The zero-order chi connectivity index (χ0) is 14.9. The van der Waals surface area contributed by atoms with Crippen molar-refractivity contribution in [2.45, 2.75) is 13.5 Å². The number of hydrogen-bond acceptors (Lipinski definition) is 5. The first kappa shape index (κ1) is 16.1. The highest BCUT2D eigenvalue weighted by Crippen LogP contribution is 2.27. The molecule has 118 valence electrons. The highest BCUT2D eigenvalue weighted by Gasteiger charge is 2.08. The van der Waals surface area contributed by atoms with Crippen molar-refractivity contribution in [1.29, 1.82) is 0 Å². The van der Waals surface area contributed by atoms with E-state index in [0.29, 0.717) is 6.61 Å². The van der Waals surface area contributed by atoms with Gasteiger partial charge >= 0.3 is 0 Å². The molecular formula is C16H27N3O2. The fourth-order valence-corrected chi connectivity index (χ4v) is 2.50. The van der Waals surface area contributed by atoms with E-state index in [1.54, 1.807) is 7.11 Å². The van der Waals surface area contributed by atoms with E-state index in [1.165, 1.54) is 5.56 Å². The molecule has 0 atom stereocenters. The molecular weight excluding hydrogens is 266 g/mol. The largest absolute Gasteiger partial charge is 0.493 e. The van der Waals surface area contributed by atoms with Gasteiger partial charge in [-0.05, 0) is 24.6 Å². The van der Waals surface area contributed by atoms with Gasteiger partial charge in [0.25, 0.3) is 0 Å². The van der Waals surface area contributed by atoms with Crippen molar-refractivity contribution < 1.29 is 9.47 Å². The van der Waals surface area contributed by atoms with Crippen LogP contribution in [0.15, 0.2) is 18.2 Å². The third-order valence-electron chi connectivity index (χ3n) is 3.67. The van der Waals surface area contributed by atoms with E-state index in [1.807, 2.05) is 19.1 Å². The molecule has 1 aliphatic rings. The standard InChI is InChI=1S/C16H27N3O2/c1-3-21-15-5-4-14(12-16(15)20-2)13-18-8-11-19-9-6-17-7-10-19/h4-5,12,17-18H,3,6-11,13H2,1-2H3. The second-order valence-electron chi connectivity index (χ2n) is 5.19. The van der Waals surface area contributed by atoms with E-state index >= 15 is 0 Å². The number of nitrogens with one attached hydrogen (secondary N) is 2. The number of ether oxygens (including phenoxy) is 2. The molecule has 0 aliphatic carbocycles. The number of piperazine rings is 1. The summed E-state index contributed by atoms with van der Waals surface area (Å²) in [6.07, 6.45) is 0. The lowest BCUT2D eigenvalue weighted by atomic mass is 10.2. The lowest BCUT2D eigenvalue weighted by Gasteiger charge is -2.27. The SMILES string of the molecule is CCOc1ccc(CNCCN2CCNCC2)cc1OC. The monoisotopic (exact) mass is 293 g/mol. The van der Waals surface area contributed by atoms with Crippen LogP contribution in [0.4, 0.5) is 0 Å². The second kappa shape index (κ2) is 8.87.